The summed E-state index contributed by atoms with van der Waals surface area (Å²) >= 11 is 0. The predicted octanol–water partition coefficient (Wildman–Crippen LogP) is 0.919. The summed E-state index contributed by atoms with van der Waals surface area (Å²) in [7, 11) is 1.68. The molecule has 0 aliphatic heterocycles. The predicted molar refractivity (Wildman–Crippen MR) is 58.5 cm³/mol. The molecule has 0 heterocycles. The summed E-state index contributed by atoms with van der Waals surface area (Å²) in [5.41, 5.74) is 0. The van der Waals surface area contributed by atoms with Crippen LogP contribution in [0.5, 0.6) is 0 Å². The van der Waals surface area contributed by atoms with Crippen LogP contribution in [0.2, 0.25) is 0 Å². The normalized spacial score (nSPS) is 14.1. The molecule has 0 saturated heterocycles. The first kappa shape index (κ1) is 13.8. The highest BCUT2D eigenvalue weighted by Crippen LogP contribution is 2.10. The number of hydrogen-bond acceptors (Lipinski definition) is 4. The van der Waals surface area contributed by atoms with Crippen LogP contribution < -0.4 is 5.32 Å². The third kappa shape index (κ3) is 5.32. The highest BCUT2D eigenvalue weighted by Gasteiger charge is 2.25. The van der Waals surface area contributed by atoms with Crippen molar-refractivity contribution in [3.63, 3.8) is 0 Å². The summed E-state index contributed by atoms with van der Waals surface area (Å²) in [5, 5.41) is 2.85. The van der Waals surface area contributed by atoms with Gasteiger partial charge in [-0.15, -0.1) is 0 Å². The van der Waals surface area contributed by atoms with Gasteiger partial charge >= 0.3 is 5.97 Å². The zero-order valence-corrected chi connectivity index (χ0v) is 9.58. The van der Waals surface area contributed by atoms with Crippen LogP contribution in [-0.2, 0) is 14.3 Å². The molecule has 0 aliphatic rings. The minimum absolute atomic E-state index is 0.0650. The molecule has 0 saturated carbocycles. The molecule has 0 aromatic rings. The third-order valence-corrected chi connectivity index (χ3v) is 2.09. The van der Waals surface area contributed by atoms with Crippen LogP contribution in [0.25, 0.3) is 0 Å². The van der Waals surface area contributed by atoms with Crippen LogP contribution >= 0.6 is 0 Å². The zero-order chi connectivity index (χ0) is 11.8. The van der Waals surface area contributed by atoms with E-state index in [0.717, 1.165) is 0 Å². The van der Waals surface area contributed by atoms with Gasteiger partial charge in [0.15, 0.2) is 0 Å². The molecule has 1 N–H and O–H groups in total. The van der Waals surface area contributed by atoms with Gasteiger partial charge in [-0.1, -0.05) is 19.6 Å². The summed E-state index contributed by atoms with van der Waals surface area (Å²) < 4.78 is 4.92. The van der Waals surface area contributed by atoms with Gasteiger partial charge in [0.1, 0.15) is 18.4 Å². The van der Waals surface area contributed by atoms with Gasteiger partial charge in [-0.25, -0.2) is 0 Å². The molecule has 4 nitrogen and oxygen atoms in total. The van der Waals surface area contributed by atoms with Gasteiger partial charge in [-0.2, -0.15) is 0 Å². The molecule has 15 heavy (non-hydrogen) atoms. The lowest BCUT2D eigenvalue weighted by molar-refractivity contribution is -0.146. The summed E-state index contributed by atoms with van der Waals surface area (Å²) in [5.74, 6) is -0.338. The van der Waals surface area contributed by atoms with E-state index in [2.05, 4.69) is 11.9 Å². The maximum absolute atomic E-state index is 11.5. The fraction of sp³-hybridized carbons (Fsp3) is 0.636. The number of likely N-dealkylation sites (N-methyl/N-ethyl adjacent to an activating group) is 1. The van der Waals surface area contributed by atoms with E-state index < -0.39 is 6.04 Å². The van der Waals surface area contributed by atoms with E-state index in [9.17, 15) is 9.59 Å². The Kier molecular flexibility index (Phi) is 6.62. The van der Waals surface area contributed by atoms with Crippen LogP contribution in [0.1, 0.15) is 20.3 Å². The second-order valence-electron chi connectivity index (χ2n) is 3.57. The van der Waals surface area contributed by atoms with Gasteiger partial charge in [0.25, 0.3) is 0 Å². The quantitative estimate of drug-likeness (QED) is 0.504. The van der Waals surface area contributed by atoms with Crippen molar-refractivity contribution in [2.24, 2.45) is 5.92 Å². The van der Waals surface area contributed by atoms with Crippen molar-refractivity contribution < 1.29 is 14.3 Å². The van der Waals surface area contributed by atoms with Crippen molar-refractivity contribution in [2.45, 2.75) is 26.3 Å². The molecular weight excluding hydrogens is 194 g/mol. The average Bonchev–Trinajstić information content (AvgIpc) is 2.14. The van der Waals surface area contributed by atoms with E-state index in [0.29, 0.717) is 6.42 Å². The Labute approximate surface area is 90.7 Å². The lowest BCUT2D eigenvalue weighted by atomic mass is 9.96. The molecule has 0 amide bonds. The van der Waals surface area contributed by atoms with E-state index >= 15 is 0 Å². The second kappa shape index (κ2) is 7.17. The molecule has 0 aliphatic carbocycles. The van der Waals surface area contributed by atoms with E-state index in [1.807, 2.05) is 6.92 Å². The smallest absolute Gasteiger partial charge is 0.323 e. The molecule has 0 aromatic carbocycles. The summed E-state index contributed by atoms with van der Waals surface area (Å²) in [6.45, 7) is 7.01. The number of ether oxygens (including phenoxy) is 1. The monoisotopic (exact) mass is 213 g/mol. The number of nitrogens with one attached hydrogen (secondary N) is 1. The van der Waals surface area contributed by atoms with Crippen molar-refractivity contribution in [1.29, 1.82) is 0 Å². The van der Waals surface area contributed by atoms with Crippen molar-refractivity contribution in [2.75, 3.05) is 13.7 Å². The van der Waals surface area contributed by atoms with Crippen molar-refractivity contribution in [1.82, 2.24) is 5.32 Å². The largest absolute Gasteiger partial charge is 0.460 e. The lowest BCUT2D eigenvalue weighted by Crippen LogP contribution is -2.41. The Balaban J connectivity index is 4.26. The first-order valence-electron chi connectivity index (χ1n) is 4.97. The number of carbonyl (C=O) groups is 2. The van der Waals surface area contributed by atoms with Gasteiger partial charge in [0, 0.05) is 6.42 Å². The first-order valence-corrected chi connectivity index (χ1v) is 4.97. The Morgan fingerprint density at radius 2 is 2.13 bits per heavy atom. The standard InChI is InChI=1S/C11H19NO3/c1-5-6-15-11(14)10(12-4)8(2)7-9(3)13/h5,8,10,12H,1,6-7H2,2-4H3. The minimum Gasteiger partial charge on any atom is -0.460 e. The Hall–Kier alpha value is -1.16. The number of hydrogen-bond donors (Lipinski definition) is 1. The molecule has 0 fully saturated rings. The second-order valence-corrected chi connectivity index (χ2v) is 3.57. The number of carbonyl (C=O) groups excluding carboxylic acids is 2. The minimum atomic E-state index is -0.436. The molecule has 86 valence electrons. The van der Waals surface area contributed by atoms with Crippen LogP contribution in [0.3, 0.4) is 0 Å². The van der Waals surface area contributed by atoms with Crippen molar-refractivity contribution in [3.05, 3.63) is 12.7 Å². The lowest BCUT2D eigenvalue weighted by Gasteiger charge is -2.20. The summed E-state index contributed by atoms with van der Waals surface area (Å²) in [6, 6.07) is -0.436. The topological polar surface area (TPSA) is 55.4 Å². The highest BCUT2D eigenvalue weighted by molar-refractivity contribution is 5.79. The molecule has 4 heteroatoms. The zero-order valence-electron chi connectivity index (χ0n) is 9.58. The number of esters is 1. The van der Waals surface area contributed by atoms with Gasteiger partial charge in [0.05, 0.1) is 0 Å². The first-order chi connectivity index (χ1) is 7.02. The van der Waals surface area contributed by atoms with E-state index in [1.165, 1.54) is 13.0 Å². The fourth-order valence-electron chi connectivity index (χ4n) is 1.44. The molecular formula is C11H19NO3. The Bertz CT molecular complexity index is 238. The maximum Gasteiger partial charge on any atom is 0.323 e. The number of Topliss-reactive ketones (excluding diaryl/α,β-unsaturated/α-hetero) is 1. The third-order valence-electron chi connectivity index (χ3n) is 2.09. The van der Waals surface area contributed by atoms with Crippen LogP contribution in [0, 0.1) is 5.92 Å². The summed E-state index contributed by atoms with van der Waals surface area (Å²) in [4.78, 5) is 22.4. The number of ketones is 1. The molecule has 0 aromatic heterocycles. The Morgan fingerprint density at radius 1 is 1.53 bits per heavy atom. The fourth-order valence-corrected chi connectivity index (χ4v) is 1.44. The van der Waals surface area contributed by atoms with Crippen molar-refractivity contribution >= 4 is 11.8 Å². The molecule has 0 spiro atoms. The van der Waals surface area contributed by atoms with Gasteiger partial charge in [-0.05, 0) is 19.9 Å². The number of rotatable bonds is 7. The highest BCUT2D eigenvalue weighted by atomic mass is 16.5. The van der Waals surface area contributed by atoms with Crippen LogP contribution in [0.15, 0.2) is 12.7 Å². The van der Waals surface area contributed by atoms with E-state index in [4.69, 9.17) is 4.74 Å². The maximum atomic E-state index is 11.5. The molecule has 0 rings (SSSR count). The van der Waals surface area contributed by atoms with Gasteiger partial charge < -0.3 is 14.8 Å². The molecule has 2 atom stereocenters. The van der Waals surface area contributed by atoms with E-state index in [-0.39, 0.29) is 24.3 Å². The van der Waals surface area contributed by atoms with Crippen LogP contribution in [0.4, 0.5) is 0 Å². The Morgan fingerprint density at radius 3 is 2.53 bits per heavy atom. The molecule has 0 radical (unpaired) electrons. The van der Waals surface area contributed by atoms with Gasteiger partial charge in [-0.3, -0.25) is 4.79 Å². The van der Waals surface area contributed by atoms with E-state index in [1.54, 1.807) is 7.05 Å². The van der Waals surface area contributed by atoms with Gasteiger partial charge in [0.2, 0.25) is 0 Å². The average molecular weight is 213 g/mol. The summed E-state index contributed by atoms with van der Waals surface area (Å²) in [6.07, 6.45) is 1.88. The molecule has 0 bridgehead atoms. The SMILES string of the molecule is C=CCOC(=O)C(NC)C(C)CC(C)=O. The van der Waals surface area contributed by atoms with Crippen LogP contribution in [-0.4, -0.2) is 31.4 Å². The van der Waals surface area contributed by atoms with Crippen molar-refractivity contribution in [3.8, 4) is 0 Å². The molecule has 2 unspecified atom stereocenters.